The lowest BCUT2D eigenvalue weighted by Gasteiger charge is -2.29. The minimum absolute atomic E-state index is 0.0747. The van der Waals surface area contributed by atoms with Crippen LogP contribution in [0.5, 0.6) is 0 Å². The zero-order valence-electron chi connectivity index (χ0n) is 18.2. The van der Waals surface area contributed by atoms with E-state index in [2.05, 4.69) is 5.32 Å². The van der Waals surface area contributed by atoms with Gasteiger partial charge in [0.05, 0.1) is 39.8 Å². The van der Waals surface area contributed by atoms with E-state index >= 15 is 0 Å². The maximum atomic E-state index is 13.1. The molecular weight excluding hydrogens is 464 g/mol. The molecule has 5 nitrogen and oxygen atoms in total. The third-order valence-electron chi connectivity index (χ3n) is 5.55. The Labute approximate surface area is 202 Å². The summed E-state index contributed by atoms with van der Waals surface area (Å²) in [5.41, 5.74) is 4.26. The summed E-state index contributed by atoms with van der Waals surface area (Å²) in [6, 6.07) is 15.3. The van der Waals surface area contributed by atoms with Gasteiger partial charge in [-0.15, -0.1) is 0 Å². The highest BCUT2D eigenvalue weighted by molar-refractivity contribution is 6.42. The topological polar surface area (TPSA) is 54.5 Å². The summed E-state index contributed by atoms with van der Waals surface area (Å²) >= 11 is 12.0. The van der Waals surface area contributed by atoms with Crippen LogP contribution in [0.2, 0.25) is 10.0 Å². The number of benzene rings is 2. The van der Waals surface area contributed by atoms with Gasteiger partial charge in [-0.25, -0.2) is 9.18 Å². The number of nitrogens with one attached hydrogen (secondary N) is 1. The number of aromatic nitrogens is 1. The van der Waals surface area contributed by atoms with E-state index in [9.17, 15) is 9.18 Å². The van der Waals surface area contributed by atoms with Crippen molar-refractivity contribution in [2.45, 2.75) is 32.2 Å². The SMILES string of the molecule is CC(Nc1ccc(F)cc1)c1ccc2c(n1)CCCN2C(=O)OCCc1ccc(Cl)c(Cl)c1. The molecule has 0 spiro atoms. The fourth-order valence-corrected chi connectivity index (χ4v) is 4.12. The number of hydrogen-bond acceptors (Lipinski definition) is 4. The Morgan fingerprint density at radius 1 is 1.15 bits per heavy atom. The first-order valence-corrected chi connectivity index (χ1v) is 11.6. The maximum Gasteiger partial charge on any atom is 0.414 e. The number of carbonyl (C=O) groups excluding carboxylic acids is 1. The molecule has 2 aromatic carbocycles. The highest BCUT2D eigenvalue weighted by Crippen LogP contribution is 2.29. The Morgan fingerprint density at radius 3 is 2.70 bits per heavy atom. The standard InChI is InChI=1S/C25H24Cl2FN3O2/c1-16(29-19-7-5-18(28)6-8-19)22-10-11-24-23(30-22)3-2-13-31(24)25(32)33-14-12-17-4-9-20(26)21(27)15-17/h4-11,15-16,29H,2-3,12-14H2,1H3. The summed E-state index contributed by atoms with van der Waals surface area (Å²) in [6.07, 6.45) is 1.76. The Kier molecular flexibility index (Phi) is 7.36. The molecule has 8 heteroatoms. The number of amides is 1. The van der Waals surface area contributed by atoms with Crippen LogP contribution in [0.15, 0.2) is 54.6 Å². The smallest absolute Gasteiger partial charge is 0.414 e. The summed E-state index contributed by atoms with van der Waals surface area (Å²) in [5.74, 6) is -0.274. The number of carbonyl (C=O) groups is 1. The van der Waals surface area contributed by atoms with Gasteiger partial charge in [-0.1, -0.05) is 29.3 Å². The number of pyridine rings is 1. The van der Waals surface area contributed by atoms with Crippen molar-refractivity contribution in [2.75, 3.05) is 23.4 Å². The van der Waals surface area contributed by atoms with Gasteiger partial charge >= 0.3 is 6.09 Å². The second kappa shape index (κ2) is 10.4. The molecule has 1 aromatic heterocycles. The van der Waals surface area contributed by atoms with Gasteiger partial charge in [-0.3, -0.25) is 9.88 Å². The third kappa shape index (κ3) is 5.75. The van der Waals surface area contributed by atoms with E-state index in [1.807, 2.05) is 25.1 Å². The molecule has 4 rings (SSSR count). The normalized spacial score (nSPS) is 13.9. The van der Waals surface area contributed by atoms with Gasteiger partial charge in [0.25, 0.3) is 0 Å². The fourth-order valence-electron chi connectivity index (χ4n) is 3.80. The van der Waals surface area contributed by atoms with E-state index in [1.165, 1.54) is 12.1 Å². The number of anilines is 2. The molecule has 33 heavy (non-hydrogen) atoms. The molecule has 1 N–H and O–H groups in total. The molecule has 172 valence electrons. The van der Waals surface area contributed by atoms with Crippen molar-refractivity contribution in [1.29, 1.82) is 0 Å². The Hall–Kier alpha value is -2.83. The van der Waals surface area contributed by atoms with E-state index in [-0.39, 0.29) is 24.6 Å². The first-order chi connectivity index (χ1) is 15.9. The average Bonchev–Trinajstić information content (AvgIpc) is 2.82. The number of rotatable bonds is 6. The van der Waals surface area contributed by atoms with Gasteiger partial charge in [0.15, 0.2) is 0 Å². The van der Waals surface area contributed by atoms with Crippen molar-refractivity contribution < 1.29 is 13.9 Å². The van der Waals surface area contributed by atoms with Gasteiger partial charge in [-0.05, 0) is 73.9 Å². The number of halogens is 3. The molecule has 1 atom stereocenters. The second-order valence-corrected chi connectivity index (χ2v) is 8.76. The van der Waals surface area contributed by atoms with Crippen LogP contribution in [-0.2, 0) is 17.6 Å². The highest BCUT2D eigenvalue weighted by Gasteiger charge is 2.25. The zero-order valence-corrected chi connectivity index (χ0v) is 19.7. The lowest BCUT2D eigenvalue weighted by Crippen LogP contribution is -2.36. The first-order valence-electron chi connectivity index (χ1n) is 10.8. The minimum atomic E-state index is -0.386. The molecule has 0 saturated carbocycles. The first kappa shape index (κ1) is 23.3. The summed E-state index contributed by atoms with van der Waals surface area (Å²) in [6.45, 7) is 2.83. The van der Waals surface area contributed by atoms with Gasteiger partial charge in [0.1, 0.15) is 5.82 Å². The molecule has 1 aliphatic rings. The lowest BCUT2D eigenvalue weighted by atomic mass is 10.1. The molecule has 3 aromatic rings. The van der Waals surface area contributed by atoms with E-state index in [0.717, 1.165) is 41.2 Å². The summed E-state index contributed by atoms with van der Waals surface area (Å²) < 4.78 is 18.7. The second-order valence-electron chi connectivity index (χ2n) is 7.94. The van der Waals surface area contributed by atoms with Crippen LogP contribution in [0.1, 0.15) is 36.3 Å². The molecule has 1 aliphatic heterocycles. The quantitative estimate of drug-likeness (QED) is 0.413. The molecule has 1 unspecified atom stereocenters. The Balaban J connectivity index is 1.39. The highest BCUT2D eigenvalue weighted by atomic mass is 35.5. The summed E-state index contributed by atoms with van der Waals surface area (Å²) in [5, 5.41) is 4.30. The van der Waals surface area contributed by atoms with Crippen LogP contribution in [0.25, 0.3) is 0 Å². The minimum Gasteiger partial charge on any atom is -0.449 e. The summed E-state index contributed by atoms with van der Waals surface area (Å²) in [4.78, 5) is 19.2. The summed E-state index contributed by atoms with van der Waals surface area (Å²) in [7, 11) is 0. The number of hydrogen-bond donors (Lipinski definition) is 1. The zero-order chi connectivity index (χ0) is 23.4. The average molecular weight is 488 g/mol. The van der Waals surface area contributed by atoms with Crippen molar-refractivity contribution in [3.63, 3.8) is 0 Å². The van der Waals surface area contributed by atoms with Gasteiger partial charge in [0.2, 0.25) is 0 Å². The number of ether oxygens (including phenoxy) is 1. The molecular formula is C25H24Cl2FN3O2. The van der Waals surface area contributed by atoms with Crippen molar-refractivity contribution in [3.8, 4) is 0 Å². The molecule has 0 saturated heterocycles. The molecule has 1 amide bonds. The van der Waals surface area contributed by atoms with E-state index in [4.69, 9.17) is 32.9 Å². The Morgan fingerprint density at radius 2 is 1.94 bits per heavy atom. The van der Waals surface area contributed by atoms with Gasteiger partial charge < -0.3 is 10.1 Å². The van der Waals surface area contributed by atoms with Crippen molar-refractivity contribution in [1.82, 2.24) is 4.98 Å². The largest absolute Gasteiger partial charge is 0.449 e. The maximum absolute atomic E-state index is 13.1. The van der Waals surface area contributed by atoms with E-state index in [0.29, 0.717) is 23.0 Å². The van der Waals surface area contributed by atoms with Gasteiger partial charge in [-0.2, -0.15) is 0 Å². The molecule has 0 aliphatic carbocycles. The molecule has 2 heterocycles. The third-order valence-corrected chi connectivity index (χ3v) is 6.29. The van der Waals surface area contributed by atoms with Crippen molar-refractivity contribution in [2.24, 2.45) is 0 Å². The van der Waals surface area contributed by atoms with Crippen LogP contribution in [0.3, 0.4) is 0 Å². The van der Waals surface area contributed by atoms with E-state index in [1.54, 1.807) is 29.2 Å². The van der Waals surface area contributed by atoms with Crippen molar-refractivity contribution >= 4 is 40.7 Å². The predicted molar refractivity (Wildman–Crippen MR) is 130 cm³/mol. The number of nitrogens with zero attached hydrogens (tertiary/aromatic N) is 2. The number of fused-ring (bicyclic) bond motifs is 1. The van der Waals surface area contributed by atoms with Crippen molar-refractivity contribution in [3.05, 3.63) is 87.4 Å². The number of aryl methyl sites for hydroxylation is 1. The van der Waals surface area contributed by atoms with Crippen LogP contribution in [-0.4, -0.2) is 24.2 Å². The molecule has 0 fully saturated rings. The molecule has 0 radical (unpaired) electrons. The lowest BCUT2D eigenvalue weighted by molar-refractivity contribution is 0.154. The van der Waals surface area contributed by atoms with Crippen LogP contribution in [0, 0.1) is 5.82 Å². The molecule has 0 bridgehead atoms. The van der Waals surface area contributed by atoms with Crippen LogP contribution >= 0.6 is 23.2 Å². The van der Waals surface area contributed by atoms with Gasteiger partial charge in [0, 0.05) is 18.7 Å². The van der Waals surface area contributed by atoms with E-state index < -0.39 is 0 Å². The van der Waals surface area contributed by atoms with Crippen LogP contribution in [0.4, 0.5) is 20.6 Å². The predicted octanol–water partition coefficient (Wildman–Crippen LogP) is 6.83. The van der Waals surface area contributed by atoms with Crippen LogP contribution < -0.4 is 10.2 Å². The Bertz CT molecular complexity index is 1140. The monoisotopic (exact) mass is 487 g/mol. The fraction of sp³-hybridized carbons (Fsp3) is 0.280.